The van der Waals surface area contributed by atoms with Gasteiger partial charge < -0.3 is 10.1 Å². The third kappa shape index (κ3) is 5.79. The number of nitrogens with zero attached hydrogens (tertiary/aromatic N) is 1. The fraction of sp³-hybridized carbons (Fsp3) is 0.143. The lowest BCUT2D eigenvalue weighted by Crippen LogP contribution is -2.12. The molecule has 0 saturated heterocycles. The highest BCUT2D eigenvalue weighted by Crippen LogP contribution is 2.41. The van der Waals surface area contributed by atoms with Crippen LogP contribution in [0, 0.1) is 0 Å². The normalized spacial score (nSPS) is 17.4. The molecule has 0 bridgehead atoms. The van der Waals surface area contributed by atoms with E-state index >= 15 is 0 Å². The molecule has 166 valence electrons. The van der Waals surface area contributed by atoms with E-state index in [0.717, 1.165) is 46.0 Å². The first kappa shape index (κ1) is 22.6. The van der Waals surface area contributed by atoms with E-state index in [-0.39, 0.29) is 11.9 Å². The van der Waals surface area contributed by atoms with E-state index in [0.29, 0.717) is 5.56 Å². The minimum atomic E-state index is -0.337. The summed E-state index contributed by atoms with van der Waals surface area (Å²) >= 11 is 6.84. The smallest absolute Gasteiger partial charge is 0.337 e. The number of anilines is 1. The Morgan fingerprint density at radius 3 is 2.30 bits per heavy atom. The minimum absolute atomic E-state index is 0.209. The summed E-state index contributed by atoms with van der Waals surface area (Å²) in [6.45, 7) is 0. The molecule has 5 heteroatoms. The number of esters is 1. The van der Waals surface area contributed by atoms with Crippen molar-refractivity contribution in [3.05, 3.63) is 118 Å². The molecule has 0 heterocycles. The van der Waals surface area contributed by atoms with E-state index < -0.39 is 0 Å². The van der Waals surface area contributed by atoms with E-state index in [1.165, 1.54) is 7.11 Å². The molecule has 0 aromatic heterocycles. The topological polar surface area (TPSA) is 50.7 Å². The van der Waals surface area contributed by atoms with E-state index in [2.05, 4.69) is 10.3 Å². The molecule has 0 aliphatic heterocycles. The zero-order valence-electron chi connectivity index (χ0n) is 18.4. The molecule has 1 atom stereocenters. The monoisotopic (exact) mass is 456 g/mol. The van der Waals surface area contributed by atoms with E-state index in [9.17, 15) is 4.79 Å². The van der Waals surface area contributed by atoms with Crippen molar-refractivity contribution in [3.8, 4) is 0 Å². The maximum atomic E-state index is 11.8. The van der Waals surface area contributed by atoms with Crippen molar-refractivity contribution in [2.45, 2.75) is 18.8 Å². The van der Waals surface area contributed by atoms with Crippen LogP contribution in [0.4, 0.5) is 11.4 Å². The quantitative estimate of drug-likeness (QED) is 0.314. The summed E-state index contributed by atoms with van der Waals surface area (Å²) in [5, 5.41) is 4.08. The maximum Gasteiger partial charge on any atom is 0.337 e. The number of aliphatic imine (C=N–C) groups is 1. The number of para-hydroxylation sites is 2. The molecule has 4 nitrogen and oxygen atoms in total. The predicted molar refractivity (Wildman–Crippen MR) is 135 cm³/mol. The Labute approximate surface area is 199 Å². The molecule has 1 aliphatic carbocycles. The van der Waals surface area contributed by atoms with Gasteiger partial charge in [-0.05, 0) is 71.9 Å². The molecule has 3 aromatic carbocycles. The average molecular weight is 457 g/mol. The predicted octanol–water partition coefficient (Wildman–Crippen LogP) is 7.24. The highest BCUT2D eigenvalue weighted by Gasteiger charge is 2.25. The van der Waals surface area contributed by atoms with Gasteiger partial charge in [-0.3, -0.25) is 4.99 Å². The second-order valence-electron chi connectivity index (χ2n) is 7.83. The summed E-state index contributed by atoms with van der Waals surface area (Å²) in [7, 11) is 1.39. The van der Waals surface area contributed by atoms with E-state index in [1.807, 2.05) is 97.3 Å². The molecule has 1 aliphatic rings. The van der Waals surface area contributed by atoms with E-state index in [1.54, 1.807) is 0 Å². The summed E-state index contributed by atoms with van der Waals surface area (Å²) < 4.78 is 4.82. The third-order valence-corrected chi connectivity index (χ3v) is 6.10. The Kier molecular flexibility index (Phi) is 7.38. The zero-order chi connectivity index (χ0) is 23.0. The number of allylic oxidation sites excluding steroid dienone is 3. The number of halogens is 1. The fourth-order valence-electron chi connectivity index (χ4n) is 3.84. The molecule has 1 unspecified atom stereocenters. The molecule has 0 saturated carbocycles. The summed E-state index contributed by atoms with van der Waals surface area (Å²) in [5.41, 5.74) is 5.56. The summed E-state index contributed by atoms with van der Waals surface area (Å²) in [4.78, 5) is 16.4. The summed E-state index contributed by atoms with van der Waals surface area (Å²) in [6.07, 6.45) is 5.38. The lowest BCUT2D eigenvalue weighted by Gasteiger charge is -2.26. The van der Waals surface area contributed by atoms with Crippen LogP contribution in [-0.4, -0.2) is 19.3 Å². The van der Waals surface area contributed by atoms with Crippen molar-refractivity contribution in [2.24, 2.45) is 4.99 Å². The largest absolute Gasteiger partial charge is 0.465 e. The molecule has 3 aromatic rings. The highest BCUT2D eigenvalue weighted by molar-refractivity contribution is 6.34. The number of carbonyl (C=O) groups excluding carboxylic acids is 1. The van der Waals surface area contributed by atoms with Crippen LogP contribution >= 0.6 is 11.6 Å². The van der Waals surface area contributed by atoms with Gasteiger partial charge in [-0.2, -0.15) is 0 Å². The van der Waals surface area contributed by atoms with Gasteiger partial charge in [0.05, 0.1) is 18.4 Å². The van der Waals surface area contributed by atoms with Gasteiger partial charge in [0.25, 0.3) is 0 Å². The lowest BCUT2D eigenvalue weighted by molar-refractivity contribution is 0.0600. The Balaban J connectivity index is 1.64. The molecular weight excluding hydrogens is 432 g/mol. The third-order valence-electron chi connectivity index (χ3n) is 5.61. The van der Waals surface area contributed by atoms with Crippen LogP contribution in [-0.2, 0) is 4.74 Å². The number of benzene rings is 3. The maximum absolute atomic E-state index is 11.8. The van der Waals surface area contributed by atoms with Gasteiger partial charge in [-0.15, -0.1) is 0 Å². The van der Waals surface area contributed by atoms with Crippen LogP contribution in [0.15, 0.2) is 112 Å². The van der Waals surface area contributed by atoms with Crippen molar-refractivity contribution in [1.82, 2.24) is 0 Å². The van der Waals surface area contributed by atoms with Gasteiger partial charge in [0.15, 0.2) is 0 Å². The number of nitrogens with one attached hydrogen (secondary N) is 1. The van der Waals surface area contributed by atoms with Crippen LogP contribution in [0.25, 0.3) is 0 Å². The van der Waals surface area contributed by atoms with Crippen molar-refractivity contribution in [3.63, 3.8) is 0 Å². The number of hydrogen-bond donors (Lipinski definition) is 1. The number of carbonyl (C=O) groups is 1. The van der Waals surface area contributed by atoms with Crippen LogP contribution < -0.4 is 5.32 Å². The molecule has 0 amide bonds. The number of rotatable bonds is 6. The number of hydrogen-bond acceptors (Lipinski definition) is 4. The van der Waals surface area contributed by atoms with E-state index in [4.69, 9.17) is 16.3 Å². The Bertz CT molecular complexity index is 1180. The lowest BCUT2D eigenvalue weighted by atomic mass is 9.81. The second kappa shape index (κ2) is 10.8. The molecule has 0 spiro atoms. The van der Waals surface area contributed by atoms with Crippen LogP contribution in [0.3, 0.4) is 0 Å². The van der Waals surface area contributed by atoms with Gasteiger partial charge in [0, 0.05) is 23.1 Å². The molecule has 33 heavy (non-hydrogen) atoms. The Morgan fingerprint density at radius 2 is 1.64 bits per heavy atom. The SMILES string of the molecule is COC(=O)c1ccc(C2CC(/C=N/c3ccccc3)=C(Cl)C(=C/Nc3ccccc3)/C2)cc1. The summed E-state index contributed by atoms with van der Waals surface area (Å²) in [5.74, 6) is -0.128. The van der Waals surface area contributed by atoms with Gasteiger partial charge in [-0.1, -0.05) is 60.1 Å². The zero-order valence-corrected chi connectivity index (χ0v) is 19.1. The Morgan fingerprint density at radius 1 is 0.970 bits per heavy atom. The Hall–Kier alpha value is -3.63. The first-order chi connectivity index (χ1) is 16.1. The average Bonchev–Trinajstić information content (AvgIpc) is 2.88. The molecule has 1 N–H and O–H groups in total. The summed E-state index contributed by atoms with van der Waals surface area (Å²) in [6, 6.07) is 27.4. The second-order valence-corrected chi connectivity index (χ2v) is 8.21. The van der Waals surface area contributed by atoms with Crippen LogP contribution in [0.2, 0.25) is 0 Å². The van der Waals surface area contributed by atoms with Gasteiger partial charge in [-0.25, -0.2) is 4.79 Å². The number of methoxy groups -OCH3 is 1. The van der Waals surface area contributed by atoms with Gasteiger partial charge in [0.1, 0.15) is 0 Å². The van der Waals surface area contributed by atoms with Crippen molar-refractivity contribution in [1.29, 1.82) is 0 Å². The first-order valence-corrected chi connectivity index (χ1v) is 11.2. The molecule has 0 radical (unpaired) electrons. The van der Waals surface area contributed by atoms with Crippen LogP contribution in [0.5, 0.6) is 0 Å². The van der Waals surface area contributed by atoms with Crippen molar-refractivity contribution < 1.29 is 9.53 Å². The van der Waals surface area contributed by atoms with Gasteiger partial charge in [0.2, 0.25) is 0 Å². The van der Waals surface area contributed by atoms with Crippen LogP contribution in [0.1, 0.15) is 34.7 Å². The van der Waals surface area contributed by atoms with Crippen molar-refractivity contribution in [2.75, 3.05) is 12.4 Å². The molecule has 0 fully saturated rings. The van der Waals surface area contributed by atoms with Crippen molar-refractivity contribution >= 4 is 35.2 Å². The highest BCUT2D eigenvalue weighted by atomic mass is 35.5. The molecular formula is C28H25ClN2O2. The van der Waals surface area contributed by atoms with Gasteiger partial charge >= 0.3 is 5.97 Å². The molecule has 4 rings (SSSR count). The number of ether oxygens (including phenoxy) is 1. The standard InChI is InChI=1S/C28H25ClN2O2/c1-33-28(32)21-14-12-20(13-15-21)22-16-23(18-30-25-8-4-2-5-9-25)27(29)24(17-22)19-31-26-10-6-3-7-11-26/h2-15,18-19,22,30H,16-17H2,1H3/b23-18+,31-19+. The fourth-order valence-corrected chi connectivity index (χ4v) is 4.09. The minimum Gasteiger partial charge on any atom is -0.465 e. The first-order valence-electron chi connectivity index (χ1n) is 10.8.